The van der Waals surface area contributed by atoms with Crippen molar-refractivity contribution in [3.8, 4) is 0 Å². The molecule has 18 heavy (non-hydrogen) atoms. The summed E-state index contributed by atoms with van der Waals surface area (Å²) in [6, 6.07) is 8.04. The van der Waals surface area contributed by atoms with Crippen LogP contribution in [0.2, 0.25) is 0 Å². The van der Waals surface area contributed by atoms with Gasteiger partial charge < -0.3 is 5.32 Å². The number of hydrogen-bond acceptors (Lipinski definition) is 3. The third kappa shape index (κ3) is 3.22. The van der Waals surface area contributed by atoms with Crippen molar-refractivity contribution in [1.29, 1.82) is 0 Å². The van der Waals surface area contributed by atoms with Gasteiger partial charge in [-0.05, 0) is 25.0 Å². The highest BCUT2D eigenvalue weighted by Crippen LogP contribution is 2.23. The Hall–Kier alpha value is -1.56. The monoisotopic (exact) mass is 268 g/mol. The zero-order valence-electron chi connectivity index (χ0n) is 9.93. The van der Waals surface area contributed by atoms with Crippen LogP contribution >= 0.6 is 0 Å². The first-order chi connectivity index (χ1) is 8.58. The summed E-state index contributed by atoms with van der Waals surface area (Å²) >= 11 is 0. The molecular formula is C12H16N2O3S. The maximum atomic E-state index is 11.9. The number of carbonyl (C=O) groups excluding carboxylic acids is 1. The zero-order valence-corrected chi connectivity index (χ0v) is 10.7. The molecule has 0 radical (unpaired) electrons. The molecule has 0 heterocycles. The maximum absolute atomic E-state index is 11.9. The Morgan fingerprint density at radius 1 is 1.11 bits per heavy atom. The number of para-hydroxylation sites is 1. The van der Waals surface area contributed by atoms with E-state index in [1.54, 1.807) is 24.3 Å². The Kier molecular flexibility index (Phi) is 3.86. The fraction of sp³-hybridized carbons (Fsp3) is 0.417. The van der Waals surface area contributed by atoms with Crippen molar-refractivity contribution in [3.63, 3.8) is 0 Å². The molecule has 0 unspecified atom stereocenters. The van der Waals surface area contributed by atoms with Crippen LogP contribution in [-0.4, -0.2) is 19.7 Å². The lowest BCUT2D eigenvalue weighted by molar-refractivity contribution is 0.256. The summed E-state index contributed by atoms with van der Waals surface area (Å²) in [5.41, 5.74) is 0.566. The molecule has 2 rings (SSSR count). The Morgan fingerprint density at radius 2 is 1.72 bits per heavy atom. The van der Waals surface area contributed by atoms with Crippen LogP contribution in [0.25, 0.3) is 0 Å². The molecule has 0 bridgehead atoms. The van der Waals surface area contributed by atoms with E-state index in [9.17, 15) is 13.2 Å². The van der Waals surface area contributed by atoms with Crippen LogP contribution in [0.15, 0.2) is 30.3 Å². The number of carbonyl (C=O) groups is 1. The summed E-state index contributed by atoms with van der Waals surface area (Å²) in [6.07, 6.45) is 3.08. The van der Waals surface area contributed by atoms with E-state index in [4.69, 9.17) is 0 Å². The van der Waals surface area contributed by atoms with E-state index in [1.807, 2.05) is 6.07 Å². The number of amides is 2. The average Bonchev–Trinajstić information content (AvgIpc) is 2.83. The van der Waals surface area contributed by atoms with Crippen LogP contribution in [0.5, 0.6) is 0 Å². The largest absolute Gasteiger partial charge is 0.332 e. The highest BCUT2D eigenvalue weighted by atomic mass is 32.2. The van der Waals surface area contributed by atoms with Crippen molar-refractivity contribution in [2.75, 3.05) is 5.32 Å². The van der Waals surface area contributed by atoms with Gasteiger partial charge in [-0.15, -0.1) is 0 Å². The number of sulfonamides is 1. The summed E-state index contributed by atoms with van der Waals surface area (Å²) in [5, 5.41) is 2.06. The molecule has 1 aromatic carbocycles. The normalized spacial score (nSPS) is 16.4. The van der Waals surface area contributed by atoms with Gasteiger partial charge >= 0.3 is 6.03 Å². The predicted octanol–water partition coefficient (Wildman–Crippen LogP) is 2.08. The van der Waals surface area contributed by atoms with Gasteiger partial charge in [0.25, 0.3) is 0 Å². The van der Waals surface area contributed by atoms with E-state index >= 15 is 0 Å². The number of rotatable bonds is 3. The van der Waals surface area contributed by atoms with Crippen molar-refractivity contribution >= 4 is 21.7 Å². The van der Waals surface area contributed by atoms with Gasteiger partial charge in [-0.1, -0.05) is 31.0 Å². The van der Waals surface area contributed by atoms with Crippen molar-refractivity contribution in [2.24, 2.45) is 0 Å². The van der Waals surface area contributed by atoms with E-state index in [-0.39, 0.29) is 0 Å². The second-order valence-electron chi connectivity index (χ2n) is 4.37. The van der Waals surface area contributed by atoms with Crippen LogP contribution in [0, 0.1) is 0 Å². The maximum Gasteiger partial charge on any atom is 0.332 e. The van der Waals surface area contributed by atoms with Crippen molar-refractivity contribution < 1.29 is 13.2 Å². The number of nitrogens with one attached hydrogen (secondary N) is 2. The fourth-order valence-electron chi connectivity index (χ4n) is 2.09. The molecule has 1 fully saturated rings. The number of hydrogen-bond donors (Lipinski definition) is 2. The molecule has 1 saturated carbocycles. The highest BCUT2D eigenvalue weighted by Gasteiger charge is 2.29. The van der Waals surface area contributed by atoms with Crippen molar-refractivity contribution in [1.82, 2.24) is 4.72 Å². The topological polar surface area (TPSA) is 75.3 Å². The summed E-state index contributed by atoms with van der Waals surface area (Å²) in [6.45, 7) is 0. The third-order valence-electron chi connectivity index (χ3n) is 3.01. The highest BCUT2D eigenvalue weighted by molar-refractivity contribution is 7.90. The molecule has 1 aromatic rings. The van der Waals surface area contributed by atoms with Crippen LogP contribution in [0.1, 0.15) is 25.7 Å². The fourth-order valence-corrected chi connectivity index (χ4v) is 3.52. The van der Waals surface area contributed by atoms with Gasteiger partial charge in [-0.3, -0.25) is 0 Å². The third-order valence-corrected chi connectivity index (χ3v) is 4.83. The summed E-state index contributed by atoms with van der Waals surface area (Å²) in [7, 11) is -3.54. The van der Waals surface area contributed by atoms with Crippen LogP contribution in [0.4, 0.5) is 10.5 Å². The Morgan fingerprint density at radius 3 is 2.33 bits per heavy atom. The molecule has 2 N–H and O–H groups in total. The standard InChI is InChI=1S/C12H16N2O3S/c15-12(13-10-6-2-1-3-7-10)14-18(16,17)11-8-4-5-9-11/h1-3,6-7,11H,4-5,8-9H2,(H2,13,14,15). The molecule has 6 heteroatoms. The number of anilines is 1. The summed E-state index contributed by atoms with van der Waals surface area (Å²) in [5.74, 6) is 0. The molecule has 0 saturated heterocycles. The zero-order chi connectivity index (χ0) is 13.0. The van der Waals surface area contributed by atoms with Gasteiger partial charge in [0.05, 0.1) is 5.25 Å². The first kappa shape index (κ1) is 12.9. The quantitative estimate of drug-likeness (QED) is 0.881. The van der Waals surface area contributed by atoms with Gasteiger partial charge in [0, 0.05) is 5.69 Å². The average molecular weight is 268 g/mol. The molecule has 98 valence electrons. The lowest BCUT2D eigenvalue weighted by Gasteiger charge is -2.12. The summed E-state index contributed by atoms with van der Waals surface area (Å²) in [4.78, 5) is 11.6. The molecule has 2 amide bonds. The van der Waals surface area contributed by atoms with Crippen LogP contribution in [0.3, 0.4) is 0 Å². The molecule has 0 spiro atoms. The van der Waals surface area contributed by atoms with Crippen molar-refractivity contribution in [2.45, 2.75) is 30.9 Å². The van der Waals surface area contributed by atoms with Gasteiger partial charge in [0.15, 0.2) is 0 Å². The van der Waals surface area contributed by atoms with Gasteiger partial charge in [-0.25, -0.2) is 17.9 Å². The lowest BCUT2D eigenvalue weighted by Crippen LogP contribution is -2.39. The van der Waals surface area contributed by atoms with Crippen LogP contribution < -0.4 is 10.0 Å². The smallest absolute Gasteiger partial charge is 0.307 e. The van der Waals surface area contributed by atoms with E-state index in [1.165, 1.54) is 0 Å². The lowest BCUT2D eigenvalue weighted by atomic mass is 10.3. The number of urea groups is 1. The minimum absolute atomic E-state index is 0.431. The second kappa shape index (κ2) is 5.39. The minimum Gasteiger partial charge on any atom is -0.307 e. The molecule has 0 atom stereocenters. The van der Waals surface area contributed by atoms with E-state index < -0.39 is 21.3 Å². The second-order valence-corrected chi connectivity index (χ2v) is 6.33. The van der Waals surface area contributed by atoms with E-state index in [0.717, 1.165) is 12.8 Å². The van der Waals surface area contributed by atoms with E-state index in [0.29, 0.717) is 18.5 Å². The molecule has 0 aliphatic heterocycles. The molecule has 0 aromatic heterocycles. The SMILES string of the molecule is O=C(Nc1ccccc1)NS(=O)(=O)C1CCCC1. The Bertz CT molecular complexity index is 507. The molecule has 1 aliphatic rings. The Balaban J connectivity index is 1.95. The van der Waals surface area contributed by atoms with E-state index in [2.05, 4.69) is 10.0 Å². The molecule has 5 nitrogen and oxygen atoms in total. The van der Waals surface area contributed by atoms with Gasteiger partial charge in [-0.2, -0.15) is 0 Å². The molecular weight excluding hydrogens is 252 g/mol. The first-order valence-electron chi connectivity index (χ1n) is 5.95. The predicted molar refractivity (Wildman–Crippen MR) is 69.8 cm³/mol. The molecule has 1 aliphatic carbocycles. The number of benzene rings is 1. The summed E-state index contributed by atoms with van der Waals surface area (Å²) < 4.78 is 25.8. The van der Waals surface area contributed by atoms with Gasteiger partial charge in [0.2, 0.25) is 10.0 Å². The van der Waals surface area contributed by atoms with Gasteiger partial charge in [0.1, 0.15) is 0 Å². The van der Waals surface area contributed by atoms with Crippen molar-refractivity contribution in [3.05, 3.63) is 30.3 Å². The Labute approximate surface area is 107 Å². The first-order valence-corrected chi connectivity index (χ1v) is 7.50. The minimum atomic E-state index is -3.54. The van der Waals surface area contributed by atoms with Crippen LogP contribution in [-0.2, 0) is 10.0 Å².